The first kappa shape index (κ1) is 11.2. The van der Waals surface area contributed by atoms with E-state index < -0.39 is 0 Å². The van der Waals surface area contributed by atoms with Crippen molar-refractivity contribution in [1.82, 2.24) is 15.0 Å². The molecule has 0 fully saturated rings. The van der Waals surface area contributed by atoms with Crippen LogP contribution < -0.4 is 0 Å². The fourth-order valence-corrected chi connectivity index (χ4v) is 3.93. The van der Waals surface area contributed by atoms with Gasteiger partial charge in [-0.05, 0) is 55.3 Å². The summed E-state index contributed by atoms with van der Waals surface area (Å²) in [4.78, 5) is 14.2. The van der Waals surface area contributed by atoms with Gasteiger partial charge in [-0.2, -0.15) is 0 Å². The minimum Gasteiger partial charge on any atom is -0.340 e. The number of nitrogens with zero attached hydrogens (tertiary/aromatic N) is 2. The van der Waals surface area contributed by atoms with E-state index in [0.717, 1.165) is 22.7 Å². The van der Waals surface area contributed by atoms with Crippen molar-refractivity contribution in [2.75, 3.05) is 0 Å². The summed E-state index contributed by atoms with van der Waals surface area (Å²) in [6, 6.07) is 6.36. The Morgan fingerprint density at radius 2 is 2.21 bits per heavy atom. The minimum atomic E-state index is 0.421. The highest BCUT2D eigenvalue weighted by molar-refractivity contribution is 7.10. The monoisotopic (exact) mass is 269 g/mol. The highest BCUT2D eigenvalue weighted by atomic mass is 32.1. The smallest absolute Gasteiger partial charge is 0.177 e. The lowest BCUT2D eigenvalue weighted by Crippen LogP contribution is -2.09. The summed E-state index contributed by atoms with van der Waals surface area (Å²) in [6.07, 6.45) is 3.66. The topological polar surface area (TPSA) is 41.6 Å². The van der Waals surface area contributed by atoms with Crippen molar-refractivity contribution in [2.45, 2.75) is 32.1 Å². The molecule has 1 aliphatic rings. The van der Waals surface area contributed by atoms with Gasteiger partial charge in [0.25, 0.3) is 0 Å². The van der Waals surface area contributed by atoms with Crippen LogP contribution in [0.3, 0.4) is 0 Å². The lowest BCUT2D eigenvalue weighted by atomic mass is 9.87. The van der Waals surface area contributed by atoms with E-state index in [-0.39, 0.29) is 0 Å². The number of pyridine rings is 1. The number of aromatic nitrogens is 3. The van der Waals surface area contributed by atoms with Crippen LogP contribution >= 0.6 is 11.3 Å². The van der Waals surface area contributed by atoms with Gasteiger partial charge in [-0.25, -0.2) is 9.97 Å². The molecular formula is C15H15N3S. The highest BCUT2D eigenvalue weighted by Gasteiger charge is 2.25. The second-order valence-electron chi connectivity index (χ2n) is 5.19. The van der Waals surface area contributed by atoms with Crippen LogP contribution in [0.1, 0.15) is 40.7 Å². The van der Waals surface area contributed by atoms with Crippen molar-refractivity contribution in [1.29, 1.82) is 0 Å². The number of H-pyrrole nitrogens is 1. The predicted molar refractivity (Wildman–Crippen MR) is 77.7 cm³/mol. The van der Waals surface area contributed by atoms with Gasteiger partial charge in [-0.15, -0.1) is 11.3 Å². The molecule has 1 atom stereocenters. The molecule has 3 nitrogen and oxygen atoms in total. The molecule has 19 heavy (non-hydrogen) atoms. The number of fused-ring (bicyclic) bond motifs is 2. The van der Waals surface area contributed by atoms with Crippen LogP contribution in [0.5, 0.6) is 0 Å². The molecule has 0 amide bonds. The Bertz CT molecular complexity index is 741. The standard InChI is InChI=1S/C15H15N3S/c1-9-5-6-12-15(16-9)18-14(17-12)11-3-2-4-13-10(11)7-8-19-13/h5-8,11H,2-4H2,1H3,(H,16,17,18). The second-order valence-corrected chi connectivity index (χ2v) is 6.19. The van der Waals surface area contributed by atoms with E-state index in [1.165, 1.54) is 29.7 Å². The molecule has 0 saturated carbocycles. The number of aromatic amines is 1. The summed E-state index contributed by atoms with van der Waals surface area (Å²) < 4.78 is 0. The molecule has 3 aromatic rings. The Labute approximate surface area is 115 Å². The van der Waals surface area contributed by atoms with Gasteiger partial charge in [0.1, 0.15) is 5.82 Å². The number of hydrogen-bond acceptors (Lipinski definition) is 3. The van der Waals surface area contributed by atoms with Gasteiger partial charge in [-0.3, -0.25) is 0 Å². The molecule has 0 aliphatic heterocycles. The molecule has 1 unspecified atom stereocenters. The summed E-state index contributed by atoms with van der Waals surface area (Å²) in [5, 5.41) is 2.20. The van der Waals surface area contributed by atoms with Crippen molar-refractivity contribution in [3.05, 3.63) is 45.5 Å². The zero-order chi connectivity index (χ0) is 12.8. The van der Waals surface area contributed by atoms with Crippen molar-refractivity contribution < 1.29 is 0 Å². The number of rotatable bonds is 1. The SMILES string of the molecule is Cc1ccc2[nH]c(C3CCCc4sccc43)nc2n1. The van der Waals surface area contributed by atoms with Crippen LogP contribution in [0.2, 0.25) is 0 Å². The second kappa shape index (κ2) is 4.17. The van der Waals surface area contributed by atoms with Crippen LogP contribution in [0.25, 0.3) is 11.2 Å². The molecule has 0 radical (unpaired) electrons. The molecule has 1 N–H and O–H groups in total. The summed E-state index contributed by atoms with van der Waals surface area (Å²) in [6.45, 7) is 2.01. The fourth-order valence-electron chi connectivity index (χ4n) is 2.94. The Balaban J connectivity index is 1.83. The van der Waals surface area contributed by atoms with Crippen molar-refractivity contribution in [3.8, 4) is 0 Å². The molecule has 0 bridgehead atoms. The Hall–Kier alpha value is -1.68. The van der Waals surface area contributed by atoms with Crippen LogP contribution in [0.4, 0.5) is 0 Å². The third-order valence-electron chi connectivity index (χ3n) is 3.89. The number of aryl methyl sites for hydroxylation is 2. The number of imidazole rings is 1. The van der Waals surface area contributed by atoms with Crippen molar-refractivity contribution >= 4 is 22.5 Å². The van der Waals surface area contributed by atoms with Crippen LogP contribution in [0.15, 0.2) is 23.6 Å². The third-order valence-corrected chi connectivity index (χ3v) is 4.88. The molecule has 0 saturated heterocycles. The largest absolute Gasteiger partial charge is 0.340 e. The van der Waals surface area contributed by atoms with Gasteiger partial charge < -0.3 is 4.98 Å². The van der Waals surface area contributed by atoms with Crippen LogP contribution in [0, 0.1) is 6.92 Å². The number of nitrogens with one attached hydrogen (secondary N) is 1. The van der Waals surface area contributed by atoms with Gasteiger partial charge in [-0.1, -0.05) is 0 Å². The molecule has 96 valence electrons. The molecule has 0 spiro atoms. The maximum absolute atomic E-state index is 4.71. The van der Waals surface area contributed by atoms with E-state index in [0.29, 0.717) is 5.92 Å². The molecule has 1 aliphatic carbocycles. The van der Waals surface area contributed by atoms with E-state index in [1.807, 2.05) is 24.3 Å². The average Bonchev–Trinajstić information content (AvgIpc) is 3.03. The van der Waals surface area contributed by atoms with Gasteiger partial charge in [0.15, 0.2) is 5.65 Å². The van der Waals surface area contributed by atoms with Crippen molar-refractivity contribution in [3.63, 3.8) is 0 Å². The van der Waals surface area contributed by atoms with Gasteiger partial charge >= 0.3 is 0 Å². The van der Waals surface area contributed by atoms with Crippen molar-refractivity contribution in [2.24, 2.45) is 0 Å². The third kappa shape index (κ3) is 1.78. The molecule has 0 aromatic carbocycles. The zero-order valence-electron chi connectivity index (χ0n) is 10.8. The Kier molecular flexibility index (Phi) is 2.45. The van der Waals surface area contributed by atoms with Crippen LogP contribution in [-0.4, -0.2) is 15.0 Å². The van der Waals surface area contributed by atoms with Gasteiger partial charge in [0, 0.05) is 16.5 Å². The first-order chi connectivity index (χ1) is 9.31. The lowest BCUT2D eigenvalue weighted by Gasteiger charge is -2.20. The molecule has 4 heteroatoms. The number of hydrogen-bond donors (Lipinski definition) is 1. The summed E-state index contributed by atoms with van der Waals surface area (Å²) in [5.74, 6) is 1.50. The maximum atomic E-state index is 4.71. The quantitative estimate of drug-likeness (QED) is 0.730. The normalized spacial score (nSPS) is 18.7. The first-order valence-corrected chi connectivity index (χ1v) is 7.59. The predicted octanol–water partition coefficient (Wildman–Crippen LogP) is 3.80. The molecular weight excluding hydrogens is 254 g/mol. The van der Waals surface area contributed by atoms with E-state index in [1.54, 1.807) is 0 Å². The Morgan fingerprint density at radius 1 is 1.26 bits per heavy atom. The fraction of sp³-hybridized carbons (Fsp3) is 0.333. The zero-order valence-corrected chi connectivity index (χ0v) is 11.6. The van der Waals surface area contributed by atoms with E-state index >= 15 is 0 Å². The van der Waals surface area contributed by atoms with Crippen LogP contribution in [-0.2, 0) is 6.42 Å². The Morgan fingerprint density at radius 3 is 3.16 bits per heavy atom. The molecule has 3 heterocycles. The summed E-state index contributed by atoms with van der Waals surface area (Å²) in [7, 11) is 0. The number of thiophene rings is 1. The van der Waals surface area contributed by atoms with Gasteiger partial charge in [0.2, 0.25) is 0 Å². The molecule has 3 aromatic heterocycles. The average molecular weight is 269 g/mol. The highest BCUT2D eigenvalue weighted by Crippen LogP contribution is 2.38. The van der Waals surface area contributed by atoms with E-state index in [9.17, 15) is 0 Å². The van der Waals surface area contributed by atoms with E-state index in [2.05, 4.69) is 27.5 Å². The van der Waals surface area contributed by atoms with Gasteiger partial charge in [0.05, 0.1) is 5.52 Å². The first-order valence-electron chi connectivity index (χ1n) is 6.71. The maximum Gasteiger partial charge on any atom is 0.177 e. The molecule has 4 rings (SSSR count). The van der Waals surface area contributed by atoms with E-state index in [4.69, 9.17) is 4.98 Å². The lowest BCUT2D eigenvalue weighted by molar-refractivity contribution is 0.604. The summed E-state index contributed by atoms with van der Waals surface area (Å²) >= 11 is 1.88. The minimum absolute atomic E-state index is 0.421. The summed E-state index contributed by atoms with van der Waals surface area (Å²) in [5.41, 5.74) is 4.37.